The Kier molecular flexibility index (Phi) is 5.42. The number of rotatable bonds is 5. The van der Waals surface area contributed by atoms with Gasteiger partial charge in [0.2, 0.25) is 0 Å². The summed E-state index contributed by atoms with van der Waals surface area (Å²) < 4.78 is 10.4. The van der Waals surface area contributed by atoms with Gasteiger partial charge in [0.1, 0.15) is 0 Å². The van der Waals surface area contributed by atoms with Crippen molar-refractivity contribution in [3.05, 3.63) is 0 Å². The van der Waals surface area contributed by atoms with Gasteiger partial charge in [-0.15, -0.1) is 0 Å². The molecule has 1 saturated heterocycles. The number of amides is 2. The van der Waals surface area contributed by atoms with Gasteiger partial charge in [-0.05, 0) is 13.3 Å². The van der Waals surface area contributed by atoms with E-state index in [0.717, 1.165) is 13.0 Å². The highest BCUT2D eigenvalue weighted by atomic mass is 16.5. The van der Waals surface area contributed by atoms with Crippen molar-refractivity contribution in [2.45, 2.75) is 19.4 Å². The predicted molar refractivity (Wildman–Crippen MR) is 56.9 cm³/mol. The molecule has 0 aromatic heterocycles. The van der Waals surface area contributed by atoms with E-state index in [1.807, 2.05) is 6.92 Å². The number of ether oxygens (including phenoxy) is 2. The molecular weight excluding hydrogens is 196 g/mol. The smallest absolute Gasteiger partial charge is 0.317 e. The van der Waals surface area contributed by atoms with Gasteiger partial charge in [0, 0.05) is 26.8 Å². The van der Waals surface area contributed by atoms with Gasteiger partial charge >= 0.3 is 6.03 Å². The topological polar surface area (TPSA) is 50.8 Å². The minimum absolute atomic E-state index is 0.0507. The summed E-state index contributed by atoms with van der Waals surface area (Å²) in [5.41, 5.74) is 0. The summed E-state index contributed by atoms with van der Waals surface area (Å²) in [5, 5.41) is 2.91. The molecule has 5 heteroatoms. The van der Waals surface area contributed by atoms with Crippen LogP contribution in [0, 0.1) is 0 Å². The number of nitrogens with one attached hydrogen (secondary N) is 1. The van der Waals surface area contributed by atoms with Crippen molar-refractivity contribution in [3.8, 4) is 0 Å². The molecule has 0 saturated carbocycles. The van der Waals surface area contributed by atoms with Crippen molar-refractivity contribution < 1.29 is 14.3 Å². The van der Waals surface area contributed by atoms with Crippen LogP contribution in [0.25, 0.3) is 0 Å². The largest absolute Gasteiger partial charge is 0.380 e. The molecule has 1 atom stereocenters. The second-order valence-corrected chi connectivity index (χ2v) is 3.63. The van der Waals surface area contributed by atoms with Crippen LogP contribution in [0.5, 0.6) is 0 Å². The number of urea groups is 1. The first-order valence-corrected chi connectivity index (χ1v) is 5.41. The average Bonchev–Trinajstić information content (AvgIpc) is 2.70. The van der Waals surface area contributed by atoms with Gasteiger partial charge in [0.25, 0.3) is 0 Å². The molecule has 0 spiro atoms. The average molecular weight is 216 g/mol. The Morgan fingerprint density at radius 3 is 3.07 bits per heavy atom. The summed E-state index contributed by atoms with van der Waals surface area (Å²) in [7, 11) is 1.77. The molecule has 1 heterocycles. The van der Waals surface area contributed by atoms with Gasteiger partial charge in [-0.3, -0.25) is 0 Å². The number of hydrogen-bond donors (Lipinski definition) is 1. The van der Waals surface area contributed by atoms with Crippen LogP contribution < -0.4 is 5.32 Å². The van der Waals surface area contributed by atoms with Gasteiger partial charge in [-0.25, -0.2) is 4.79 Å². The molecule has 2 amide bonds. The van der Waals surface area contributed by atoms with Gasteiger partial charge in [-0.2, -0.15) is 0 Å². The lowest BCUT2D eigenvalue weighted by atomic mass is 10.3. The van der Waals surface area contributed by atoms with Crippen molar-refractivity contribution in [1.29, 1.82) is 0 Å². The van der Waals surface area contributed by atoms with Crippen molar-refractivity contribution in [3.63, 3.8) is 0 Å². The predicted octanol–water partition coefficient (Wildman–Crippen LogP) is 0.453. The number of nitrogens with zero attached hydrogens (tertiary/aromatic N) is 1. The Labute approximate surface area is 90.7 Å². The lowest BCUT2D eigenvalue weighted by Gasteiger charge is -2.20. The zero-order valence-electron chi connectivity index (χ0n) is 9.49. The Hall–Kier alpha value is -0.810. The Morgan fingerprint density at radius 1 is 1.67 bits per heavy atom. The molecule has 88 valence electrons. The molecule has 0 aliphatic carbocycles. The third-order valence-corrected chi connectivity index (χ3v) is 2.38. The first-order chi connectivity index (χ1) is 7.24. The maximum atomic E-state index is 11.6. The minimum Gasteiger partial charge on any atom is -0.380 e. The quantitative estimate of drug-likeness (QED) is 0.679. The molecule has 0 aromatic rings. The molecule has 0 aromatic carbocycles. The van der Waals surface area contributed by atoms with Crippen molar-refractivity contribution in [2.75, 3.05) is 40.0 Å². The highest BCUT2D eigenvalue weighted by molar-refractivity contribution is 5.74. The fourth-order valence-electron chi connectivity index (χ4n) is 1.38. The summed E-state index contributed by atoms with van der Waals surface area (Å²) >= 11 is 0. The molecule has 0 radical (unpaired) electrons. The van der Waals surface area contributed by atoms with Crippen LogP contribution in [-0.2, 0) is 9.47 Å². The minimum atomic E-state index is -0.0507. The van der Waals surface area contributed by atoms with E-state index in [-0.39, 0.29) is 12.1 Å². The van der Waals surface area contributed by atoms with Gasteiger partial charge < -0.3 is 19.7 Å². The third-order valence-electron chi connectivity index (χ3n) is 2.38. The van der Waals surface area contributed by atoms with Gasteiger partial charge in [0.05, 0.1) is 19.3 Å². The second-order valence-electron chi connectivity index (χ2n) is 3.63. The zero-order valence-corrected chi connectivity index (χ0v) is 9.49. The standard InChI is InChI=1S/C10H20N2O3/c1-3-14-7-5-12(2)10(13)11-9-4-6-15-8-9/h9H,3-8H2,1-2H3,(H,11,13). The number of hydrogen-bond acceptors (Lipinski definition) is 3. The summed E-state index contributed by atoms with van der Waals surface area (Å²) in [4.78, 5) is 13.2. The van der Waals surface area contributed by atoms with Crippen LogP contribution in [0.2, 0.25) is 0 Å². The maximum absolute atomic E-state index is 11.6. The second kappa shape index (κ2) is 6.63. The first-order valence-electron chi connectivity index (χ1n) is 5.41. The summed E-state index contributed by atoms with van der Waals surface area (Å²) in [6, 6.07) is 0.122. The van der Waals surface area contributed by atoms with Gasteiger partial charge in [-0.1, -0.05) is 0 Å². The Bertz CT molecular complexity index is 193. The van der Waals surface area contributed by atoms with E-state index >= 15 is 0 Å². The summed E-state index contributed by atoms with van der Waals surface area (Å²) in [6.45, 7) is 5.20. The molecule has 1 N–H and O–H groups in total. The molecule has 0 bridgehead atoms. The van der Waals surface area contributed by atoms with Crippen LogP contribution in [0.4, 0.5) is 4.79 Å². The van der Waals surface area contributed by atoms with Crippen LogP contribution >= 0.6 is 0 Å². The molecule has 1 rings (SSSR count). The summed E-state index contributed by atoms with van der Waals surface area (Å²) in [6.07, 6.45) is 0.908. The number of carbonyl (C=O) groups excluding carboxylic acids is 1. The molecule has 5 nitrogen and oxygen atoms in total. The zero-order chi connectivity index (χ0) is 11.1. The fraction of sp³-hybridized carbons (Fsp3) is 0.900. The highest BCUT2D eigenvalue weighted by Crippen LogP contribution is 2.03. The van der Waals surface area contributed by atoms with E-state index < -0.39 is 0 Å². The van der Waals surface area contributed by atoms with Crippen molar-refractivity contribution in [1.82, 2.24) is 10.2 Å². The molecule has 1 aliphatic rings. The van der Waals surface area contributed by atoms with E-state index in [1.54, 1.807) is 11.9 Å². The fourth-order valence-corrected chi connectivity index (χ4v) is 1.38. The van der Waals surface area contributed by atoms with Crippen molar-refractivity contribution >= 4 is 6.03 Å². The molecule has 1 fully saturated rings. The highest BCUT2D eigenvalue weighted by Gasteiger charge is 2.19. The van der Waals surface area contributed by atoms with E-state index in [0.29, 0.717) is 26.4 Å². The molecule has 1 unspecified atom stereocenters. The number of likely N-dealkylation sites (N-methyl/N-ethyl adjacent to an activating group) is 1. The summed E-state index contributed by atoms with van der Waals surface area (Å²) in [5.74, 6) is 0. The van der Waals surface area contributed by atoms with Crippen LogP contribution in [0.3, 0.4) is 0 Å². The van der Waals surface area contributed by atoms with Crippen LogP contribution in [0.15, 0.2) is 0 Å². The van der Waals surface area contributed by atoms with Crippen LogP contribution in [-0.4, -0.2) is 57.0 Å². The maximum Gasteiger partial charge on any atom is 0.317 e. The molecule has 1 aliphatic heterocycles. The Balaban J connectivity index is 2.14. The SMILES string of the molecule is CCOCCN(C)C(=O)NC1CCOC1. The van der Waals surface area contributed by atoms with Crippen LogP contribution in [0.1, 0.15) is 13.3 Å². The van der Waals surface area contributed by atoms with Gasteiger partial charge in [0.15, 0.2) is 0 Å². The normalized spacial score (nSPS) is 20.3. The lowest BCUT2D eigenvalue weighted by molar-refractivity contribution is 0.124. The third kappa shape index (κ3) is 4.48. The van der Waals surface area contributed by atoms with E-state index in [1.165, 1.54) is 0 Å². The monoisotopic (exact) mass is 216 g/mol. The van der Waals surface area contributed by atoms with E-state index in [2.05, 4.69) is 5.32 Å². The van der Waals surface area contributed by atoms with Crippen molar-refractivity contribution in [2.24, 2.45) is 0 Å². The first kappa shape index (κ1) is 12.3. The number of carbonyl (C=O) groups is 1. The molecule has 15 heavy (non-hydrogen) atoms. The molecular formula is C10H20N2O3. The lowest BCUT2D eigenvalue weighted by Crippen LogP contribution is -2.44. The Morgan fingerprint density at radius 2 is 2.47 bits per heavy atom. The van der Waals surface area contributed by atoms with E-state index in [4.69, 9.17) is 9.47 Å². The van der Waals surface area contributed by atoms with E-state index in [9.17, 15) is 4.79 Å².